The van der Waals surface area contributed by atoms with E-state index in [-0.39, 0.29) is 70.1 Å². The van der Waals surface area contributed by atoms with Crippen molar-refractivity contribution >= 4 is 82.3 Å². The number of amides is 1. The first-order valence-electron chi connectivity index (χ1n) is 23.9. The average molecular weight is 1100 g/mol. The first-order valence-corrected chi connectivity index (χ1v) is 29.7. The minimum Gasteiger partial charge on any atom is -0.382 e. The van der Waals surface area contributed by atoms with Gasteiger partial charge in [-0.2, -0.15) is 0 Å². The van der Waals surface area contributed by atoms with Crippen LogP contribution in [0.2, 0.25) is 0 Å². The summed E-state index contributed by atoms with van der Waals surface area (Å²) >= 11 is 5.98. The second kappa shape index (κ2) is 23.6. The number of anilines is 1. The Kier molecular flexibility index (Phi) is 17.7. The Hall–Kier alpha value is -4.46. The summed E-state index contributed by atoms with van der Waals surface area (Å²) in [5.74, 6) is -1.29. The largest absolute Gasteiger partial charge is 0.389 e. The van der Waals surface area contributed by atoms with Crippen molar-refractivity contribution < 1.29 is 60.2 Å². The van der Waals surface area contributed by atoms with Crippen LogP contribution >= 0.6 is 24.9 Å². The van der Waals surface area contributed by atoms with Gasteiger partial charge in [-0.05, 0) is 53.6 Å². The molecule has 3 aliphatic rings. The van der Waals surface area contributed by atoms with Gasteiger partial charge >= 0.3 is 13.5 Å². The minimum absolute atomic E-state index is 0.0210. The van der Waals surface area contributed by atoms with Gasteiger partial charge in [0.25, 0.3) is 5.56 Å². The van der Waals surface area contributed by atoms with Crippen molar-refractivity contribution in [3.05, 3.63) is 71.1 Å². The van der Waals surface area contributed by atoms with Gasteiger partial charge in [-0.1, -0.05) is 70.7 Å². The van der Waals surface area contributed by atoms with Crippen LogP contribution < -0.4 is 16.6 Å². The van der Waals surface area contributed by atoms with Crippen molar-refractivity contribution in [1.82, 2.24) is 44.4 Å². The lowest BCUT2D eigenvalue weighted by molar-refractivity contribution is -0.133. The number of rotatable bonds is 19. The van der Waals surface area contributed by atoms with E-state index in [4.69, 9.17) is 45.1 Å². The number of alkyl halides is 2. The molecule has 0 spiro atoms. The zero-order chi connectivity index (χ0) is 52.2. The maximum Gasteiger partial charge on any atom is 0.389 e. The fourth-order valence-corrected chi connectivity index (χ4v) is 13.6. The fraction of sp³-hybridized carbons (Fsp3) is 0.578. The van der Waals surface area contributed by atoms with E-state index in [1.165, 1.54) is 10.9 Å². The molecule has 5 N–H and O–H groups in total. The number of unbranched alkanes of at least 4 members (excludes halogenated alkanes) is 4. The van der Waals surface area contributed by atoms with E-state index >= 15 is 13.3 Å². The molecule has 22 nitrogen and oxygen atoms in total. The van der Waals surface area contributed by atoms with Gasteiger partial charge in [-0.3, -0.25) is 41.9 Å². The number of nitrogens with zero attached hydrogens (tertiary/aromatic N) is 7. The Morgan fingerprint density at radius 3 is 2.18 bits per heavy atom. The molecular weight excluding hydrogens is 1040 g/mol. The summed E-state index contributed by atoms with van der Waals surface area (Å²) in [6.45, 7) is -2.90. The molecule has 0 aliphatic carbocycles. The lowest BCUT2D eigenvalue weighted by atomic mass is 9.88. The number of ether oxygens (including phenoxy) is 2. The molecule has 1 aromatic carbocycles. The van der Waals surface area contributed by atoms with Gasteiger partial charge < -0.3 is 34.9 Å². The smallest absolute Gasteiger partial charge is 0.382 e. The third-order valence-corrected chi connectivity index (χ3v) is 18.1. The summed E-state index contributed by atoms with van der Waals surface area (Å²) in [4.78, 5) is 86.1. The first-order chi connectivity index (χ1) is 34.8. The summed E-state index contributed by atoms with van der Waals surface area (Å²) in [5.41, 5.74) is 6.69. The van der Waals surface area contributed by atoms with Crippen LogP contribution in [0.1, 0.15) is 96.2 Å². The summed E-state index contributed by atoms with van der Waals surface area (Å²) < 4.78 is 86.8. The van der Waals surface area contributed by atoms with Gasteiger partial charge in [0.05, 0.1) is 38.2 Å². The number of carbonyl (C=O) groups is 3. The monoisotopic (exact) mass is 1090 g/mol. The zero-order valence-corrected chi connectivity index (χ0v) is 43.8. The van der Waals surface area contributed by atoms with E-state index in [1.807, 2.05) is 13.8 Å². The Balaban J connectivity index is 0.977. The average Bonchev–Trinajstić information content (AvgIpc) is 4.13. The predicted octanol–water partition coefficient (Wildman–Crippen LogP) is 6.30. The highest BCUT2D eigenvalue weighted by atomic mass is 32.7. The standard InChI is InChI=1S/C45H58F2N10O12P2S2/c1-5-6-7-8-9-10-28(58)16-29(24(2)3)42(60)55-25(4)30(59)15-26-11-13-27(14-12-26)19-73-71(63)65-18-32-37(33(46)44(67-32)56-22-53-35-39(48)49-20-50-40(35)56)68-70(62,72)64-17-31-38(69-71)34(47)45(66-31)57-23-54-36-41(57)51-21-52-43(36)61/h11-14,20-25,29,31-34,37-38,44-45H,5-10,15-19H2,1-4H3,(H,55,60)(H,62,72)(H2,48,49,50)(H,51,52,61)/t25-,29-,31+,32+,33+,34+,37+,38+,44+,45+,70?,71?/m0/s1. The SMILES string of the molecule is CCCCCCCC(=O)C[C@H](C(=O)N[C@@H](C)C(=O)Cc1ccc(CSP2(=O)OC[C@H]3O[C@@H](n4cnc5c(N)ncnc54)[C@H](F)[C@@H]3OP(O)(=S)OC[C@H]3O[C@@H](n4cnc5c(=O)[nH]cnc54)[C@H](F)[C@@H]3O2)cc1)C(C)C. The van der Waals surface area contributed by atoms with Crippen molar-refractivity contribution in [3.8, 4) is 0 Å². The number of aromatic amines is 1. The van der Waals surface area contributed by atoms with Crippen LogP contribution in [0.5, 0.6) is 0 Å². The Labute approximate surface area is 427 Å². The molecule has 5 aromatic rings. The summed E-state index contributed by atoms with van der Waals surface area (Å²) in [6.07, 6.45) is -3.48. The molecule has 0 bridgehead atoms. The Morgan fingerprint density at radius 1 is 0.890 bits per heavy atom. The predicted molar refractivity (Wildman–Crippen MR) is 267 cm³/mol. The number of Topliss-reactive ketones (excluding diaryl/α,β-unsaturated/α-hetero) is 2. The van der Waals surface area contributed by atoms with E-state index in [0.29, 0.717) is 28.9 Å². The van der Waals surface area contributed by atoms with Crippen LogP contribution in [0.3, 0.4) is 0 Å². The molecule has 2 unspecified atom stereocenters. The molecule has 8 rings (SSSR count). The van der Waals surface area contributed by atoms with Gasteiger partial charge in [0.15, 0.2) is 53.2 Å². The van der Waals surface area contributed by atoms with Crippen LogP contribution in [-0.4, -0.2) is 117 Å². The molecular formula is C45H58F2N10O12P2S2. The number of nitrogen functional groups attached to an aromatic ring is 1. The highest BCUT2D eigenvalue weighted by Gasteiger charge is 2.55. The van der Waals surface area contributed by atoms with Gasteiger partial charge in [-0.25, -0.2) is 38.3 Å². The highest BCUT2D eigenvalue weighted by molar-refractivity contribution is 8.54. The lowest BCUT2D eigenvalue weighted by Crippen LogP contribution is -2.44. The summed E-state index contributed by atoms with van der Waals surface area (Å²) in [7, 11) is 0. The normalized spacial score (nSPS) is 28.5. The van der Waals surface area contributed by atoms with Crippen LogP contribution in [0.15, 0.2) is 54.4 Å². The number of benzene rings is 1. The number of H-pyrrole nitrogens is 1. The molecule has 396 valence electrons. The third kappa shape index (κ3) is 12.8. The number of imidazole rings is 2. The first kappa shape index (κ1) is 54.8. The van der Waals surface area contributed by atoms with Crippen LogP contribution in [0.25, 0.3) is 22.3 Å². The molecule has 28 heteroatoms. The second-order valence-electron chi connectivity index (χ2n) is 18.5. The topological polar surface area (TPSA) is 289 Å². The van der Waals surface area contributed by atoms with E-state index in [2.05, 4.69) is 42.1 Å². The highest BCUT2D eigenvalue weighted by Crippen LogP contribution is 2.65. The van der Waals surface area contributed by atoms with Crippen molar-refractivity contribution in [2.45, 2.75) is 140 Å². The number of hydrogen-bond acceptors (Lipinski definition) is 19. The maximum absolute atomic E-state index is 16.9. The Bertz CT molecular complexity index is 2930. The van der Waals surface area contributed by atoms with Crippen LogP contribution in [-0.2, 0) is 70.5 Å². The van der Waals surface area contributed by atoms with Gasteiger partial charge in [0.1, 0.15) is 42.0 Å². The molecule has 12 atom stereocenters. The molecule has 0 radical (unpaired) electrons. The van der Waals surface area contributed by atoms with Crippen molar-refractivity contribution in [2.75, 3.05) is 18.9 Å². The summed E-state index contributed by atoms with van der Waals surface area (Å²) in [6, 6.07) is 5.93. The third-order valence-electron chi connectivity index (χ3n) is 12.9. The number of nitrogens with two attached hydrogens (primary N) is 1. The van der Waals surface area contributed by atoms with E-state index < -0.39 is 93.5 Å². The van der Waals surface area contributed by atoms with Crippen molar-refractivity contribution in [3.63, 3.8) is 0 Å². The van der Waals surface area contributed by atoms with Crippen LogP contribution in [0.4, 0.5) is 14.6 Å². The number of aromatic nitrogens is 8. The fourth-order valence-electron chi connectivity index (χ4n) is 8.79. The molecule has 4 aromatic heterocycles. The van der Waals surface area contributed by atoms with E-state index in [0.717, 1.165) is 55.7 Å². The van der Waals surface area contributed by atoms with E-state index in [9.17, 15) is 24.1 Å². The molecule has 73 heavy (non-hydrogen) atoms. The molecule has 3 fully saturated rings. The quantitative estimate of drug-likeness (QED) is 0.0521. The molecule has 3 aliphatic heterocycles. The van der Waals surface area contributed by atoms with Gasteiger partial charge in [0, 0.05) is 30.9 Å². The minimum atomic E-state index is -4.58. The zero-order valence-electron chi connectivity index (χ0n) is 40.4. The number of fused-ring (bicyclic) bond motifs is 4. The molecule has 7 heterocycles. The maximum atomic E-state index is 16.9. The van der Waals surface area contributed by atoms with E-state index in [1.54, 1.807) is 31.2 Å². The number of ketones is 2. The number of carbonyl (C=O) groups excluding carboxylic acids is 3. The number of nitrogens with one attached hydrogen (secondary N) is 2. The lowest BCUT2D eigenvalue weighted by Gasteiger charge is -2.30. The Morgan fingerprint density at radius 2 is 1.51 bits per heavy atom. The molecule has 1 amide bonds. The van der Waals surface area contributed by atoms with Crippen LogP contribution in [0, 0.1) is 11.8 Å². The van der Waals surface area contributed by atoms with Crippen molar-refractivity contribution in [1.29, 1.82) is 0 Å². The number of halogens is 2. The second-order valence-corrected chi connectivity index (χ2v) is 25.3. The molecule has 0 saturated carbocycles. The number of hydrogen-bond donors (Lipinski definition) is 4. The van der Waals surface area contributed by atoms with Crippen molar-refractivity contribution in [2.24, 2.45) is 11.8 Å². The van der Waals surface area contributed by atoms with Gasteiger partial charge in [0.2, 0.25) is 5.91 Å². The summed E-state index contributed by atoms with van der Waals surface area (Å²) in [5, 5.41) is 2.81. The van der Waals surface area contributed by atoms with Gasteiger partial charge in [-0.15, -0.1) is 0 Å². The molecule has 3 saturated heterocycles.